The number of aromatic nitrogens is 1. The SMILES string of the molecule is Cc1ccc(N2C(=O)CC(N(CCc3c[nH]c4ccccc34)C(=O)c3ccc(F)cc3)C2=O)cc1. The van der Waals surface area contributed by atoms with Gasteiger partial charge in [0, 0.05) is 29.2 Å². The van der Waals surface area contributed by atoms with Crippen molar-refractivity contribution in [2.45, 2.75) is 25.8 Å². The van der Waals surface area contributed by atoms with Crippen LogP contribution in [0.25, 0.3) is 10.9 Å². The number of anilines is 1. The van der Waals surface area contributed by atoms with Crippen LogP contribution < -0.4 is 4.90 Å². The van der Waals surface area contributed by atoms with Crippen LogP contribution >= 0.6 is 0 Å². The average molecular weight is 470 g/mol. The van der Waals surface area contributed by atoms with Crippen LogP contribution in [0.5, 0.6) is 0 Å². The summed E-state index contributed by atoms with van der Waals surface area (Å²) < 4.78 is 13.5. The number of aryl methyl sites for hydroxylation is 1. The Balaban J connectivity index is 1.46. The summed E-state index contributed by atoms with van der Waals surface area (Å²) in [4.78, 5) is 45.7. The zero-order valence-corrected chi connectivity index (χ0v) is 19.2. The number of halogens is 1. The third-order valence-electron chi connectivity index (χ3n) is 6.44. The molecule has 0 bridgehead atoms. The molecule has 0 saturated carbocycles. The standard InChI is InChI=1S/C28H24FN3O3/c1-18-6-12-22(13-7-18)32-26(33)16-25(28(32)35)31(27(34)19-8-10-21(29)11-9-19)15-14-20-17-30-24-5-3-2-4-23(20)24/h2-13,17,25,30H,14-16H2,1H3. The van der Waals surface area contributed by atoms with Gasteiger partial charge in [-0.25, -0.2) is 9.29 Å². The molecule has 2 heterocycles. The molecular weight excluding hydrogens is 445 g/mol. The third kappa shape index (κ3) is 4.33. The van der Waals surface area contributed by atoms with Gasteiger partial charge >= 0.3 is 0 Å². The van der Waals surface area contributed by atoms with E-state index < -0.39 is 23.7 Å². The summed E-state index contributed by atoms with van der Waals surface area (Å²) in [5.74, 6) is -1.66. The number of para-hydroxylation sites is 1. The molecule has 6 nitrogen and oxygen atoms in total. The molecule has 0 radical (unpaired) electrons. The van der Waals surface area contributed by atoms with Crippen molar-refractivity contribution in [2.24, 2.45) is 0 Å². The first-order chi connectivity index (χ1) is 16.9. The van der Waals surface area contributed by atoms with Crippen LogP contribution in [0, 0.1) is 12.7 Å². The van der Waals surface area contributed by atoms with E-state index in [4.69, 9.17) is 0 Å². The van der Waals surface area contributed by atoms with Crippen LogP contribution in [0.2, 0.25) is 0 Å². The molecule has 1 unspecified atom stereocenters. The van der Waals surface area contributed by atoms with Gasteiger partial charge in [0.15, 0.2) is 0 Å². The molecule has 1 N–H and O–H groups in total. The second kappa shape index (κ2) is 9.18. The van der Waals surface area contributed by atoms with Gasteiger partial charge in [-0.05, 0) is 61.4 Å². The van der Waals surface area contributed by atoms with Crippen LogP contribution in [-0.4, -0.2) is 40.2 Å². The topological polar surface area (TPSA) is 73.5 Å². The molecule has 1 aliphatic rings. The number of nitrogens with zero attached hydrogens (tertiary/aromatic N) is 2. The zero-order valence-electron chi connectivity index (χ0n) is 19.2. The smallest absolute Gasteiger partial charge is 0.257 e. The van der Waals surface area contributed by atoms with Gasteiger partial charge in [0.2, 0.25) is 5.91 Å². The van der Waals surface area contributed by atoms with E-state index >= 15 is 0 Å². The van der Waals surface area contributed by atoms with Crippen molar-refractivity contribution in [3.63, 3.8) is 0 Å². The molecule has 1 aromatic heterocycles. The monoisotopic (exact) mass is 469 g/mol. The maximum Gasteiger partial charge on any atom is 0.257 e. The fourth-order valence-corrected chi connectivity index (χ4v) is 4.56. The lowest BCUT2D eigenvalue weighted by molar-refractivity contribution is -0.122. The summed E-state index contributed by atoms with van der Waals surface area (Å²) >= 11 is 0. The highest BCUT2D eigenvalue weighted by atomic mass is 19.1. The Morgan fingerprint density at radius 3 is 2.49 bits per heavy atom. The number of benzene rings is 3. The lowest BCUT2D eigenvalue weighted by Crippen LogP contribution is -2.46. The van der Waals surface area contributed by atoms with E-state index in [9.17, 15) is 18.8 Å². The van der Waals surface area contributed by atoms with E-state index in [2.05, 4.69) is 4.98 Å². The molecule has 4 aromatic rings. The van der Waals surface area contributed by atoms with E-state index in [-0.39, 0.29) is 24.4 Å². The number of carbonyl (C=O) groups is 3. The predicted octanol–water partition coefficient (Wildman–Crippen LogP) is 4.63. The van der Waals surface area contributed by atoms with E-state index in [0.29, 0.717) is 12.1 Å². The van der Waals surface area contributed by atoms with Gasteiger partial charge in [-0.2, -0.15) is 0 Å². The Morgan fingerprint density at radius 2 is 1.74 bits per heavy atom. The second-order valence-electron chi connectivity index (χ2n) is 8.74. The highest BCUT2D eigenvalue weighted by Crippen LogP contribution is 2.28. The highest BCUT2D eigenvalue weighted by molar-refractivity contribution is 6.23. The van der Waals surface area contributed by atoms with Crippen molar-refractivity contribution in [1.29, 1.82) is 0 Å². The van der Waals surface area contributed by atoms with Crippen LogP contribution in [0.15, 0.2) is 79.0 Å². The highest BCUT2D eigenvalue weighted by Gasteiger charge is 2.44. The average Bonchev–Trinajstić information content (AvgIpc) is 3.40. The summed E-state index contributed by atoms with van der Waals surface area (Å²) in [5.41, 5.74) is 3.75. The van der Waals surface area contributed by atoms with E-state index in [1.807, 2.05) is 49.5 Å². The Labute approximate surface area is 202 Å². The van der Waals surface area contributed by atoms with Crippen LogP contribution in [-0.2, 0) is 16.0 Å². The summed E-state index contributed by atoms with van der Waals surface area (Å²) in [7, 11) is 0. The molecular formula is C28H24FN3O3. The molecule has 5 rings (SSSR count). The van der Waals surface area contributed by atoms with Gasteiger partial charge in [0.05, 0.1) is 12.1 Å². The Hall–Kier alpha value is -4.26. The number of imide groups is 1. The molecule has 3 aromatic carbocycles. The van der Waals surface area contributed by atoms with Crippen LogP contribution in [0.1, 0.15) is 27.9 Å². The predicted molar refractivity (Wildman–Crippen MR) is 132 cm³/mol. The molecule has 1 fully saturated rings. The first-order valence-electron chi connectivity index (χ1n) is 11.5. The molecule has 1 aliphatic heterocycles. The summed E-state index contributed by atoms with van der Waals surface area (Å²) in [6, 6.07) is 19.3. The van der Waals surface area contributed by atoms with E-state index in [1.165, 1.54) is 29.2 Å². The molecule has 1 saturated heterocycles. The minimum Gasteiger partial charge on any atom is -0.361 e. The number of rotatable bonds is 6. The van der Waals surface area contributed by atoms with Gasteiger partial charge in [-0.1, -0.05) is 35.9 Å². The zero-order chi connectivity index (χ0) is 24.5. The van der Waals surface area contributed by atoms with Crippen molar-refractivity contribution in [1.82, 2.24) is 9.88 Å². The third-order valence-corrected chi connectivity index (χ3v) is 6.44. The largest absolute Gasteiger partial charge is 0.361 e. The second-order valence-corrected chi connectivity index (χ2v) is 8.74. The Morgan fingerprint density at radius 1 is 1.03 bits per heavy atom. The van der Waals surface area contributed by atoms with Crippen LogP contribution in [0.3, 0.4) is 0 Å². The summed E-state index contributed by atoms with van der Waals surface area (Å²) in [6.45, 7) is 2.15. The molecule has 7 heteroatoms. The summed E-state index contributed by atoms with van der Waals surface area (Å²) in [6.07, 6.45) is 2.28. The molecule has 35 heavy (non-hydrogen) atoms. The molecule has 176 valence electrons. The van der Waals surface area contributed by atoms with Gasteiger partial charge in [0.1, 0.15) is 11.9 Å². The molecule has 3 amide bonds. The van der Waals surface area contributed by atoms with Crippen molar-refractivity contribution < 1.29 is 18.8 Å². The number of amides is 3. The van der Waals surface area contributed by atoms with Crippen LogP contribution in [0.4, 0.5) is 10.1 Å². The van der Waals surface area contributed by atoms with Gasteiger partial charge in [0.25, 0.3) is 11.8 Å². The lowest BCUT2D eigenvalue weighted by Gasteiger charge is -2.28. The first-order valence-corrected chi connectivity index (χ1v) is 11.5. The molecule has 1 atom stereocenters. The Bertz CT molecular complexity index is 1410. The maximum absolute atomic E-state index is 13.5. The Kier molecular flexibility index (Phi) is 5.91. The number of nitrogens with one attached hydrogen (secondary N) is 1. The minimum absolute atomic E-state index is 0.104. The lowest BCUT2D eigenvalue weighted by atomic mass is 10.1. The number of hydrogen-bond donors (Lipinski definition) is 1. The molecule has 0 aliphatic carbocycles. The number of fused-ring (bicyclic) bond motifs is 1. The van der Waals surface area contributed by atoms with Gasteiger partial charge in [-0.3, -0.25) is 14.4 Å². The molecule has 0 spiro atoms. The van der Waals surface area contributed by atoms with E-state index in [0.717, 1.165) is 26.9 Å². The first kappa shape index (κ1) is 22.5. The fraction of sp³-hybridized carbons (Fsp3) is 0.179. The van der Waals surface area contributed by atoms with Crippen molar-refractivity contribution in [3.8, 4) is 0 Å². The van der Waals surface area contributed by atoms with Gasteiger partial charge < -0.3 is 9.88 Å². The van der Waals surface area contributed by atoms with E-state index in [1.54, 1.807) is 12.1 Å². The minimum atomic E-state index is -0.938. The normalized spacial score (nSPS) is 15.7. The number of H-pyrrole nitrogens is 1. The van der Waals surface area contributed by atoms with Crippen molar-refractivity contribution >= 4 is 34.3 Å². The van der Waals surface area contributed by atoms with Gasteiger partial charge in [-0.15, -0.1) is 0 Å². The van der Waals surface area contributed by atoms with Crippen molar-refractivity contribution in [3.05, 3.63) is 102 Å². The van der Waals surface area contributed by atoms with Crippen molar-refractivity contribution in [2.75, 3.05) is 11.4 Å². The number of carbonyl (C=O) groups excluding carboxylic acids is 3. The number of aromatic amines is 1. The number of hydrogen-bond acceptors (Lipinski definition) is 3. The fourth-order valence-electron chi connectivity index (χ4n) is 4.56. The quantitative estimate of drug-likeness (QED) is 0.419. The summed E-state index contributed by atoms with van der Waals surface area (Å²) in [5, 5.41) is 1.04. The maximum atomic E-state index is 13.5.